The molecule has 1 aromatic carbocycles. The number of carbonyl (C=O) groups excluding carboxylic acids is 1. The summed E-state index contributed by atoms with van der Waals surface area (Å²) in [4.78, 5) is 35.6. The fourth-order valence-electron chi connectivity index (χ4n) is 4.85. The number of carboxylic acid groups (broad SMARTS) is 2. The minimum absolute atomic E-state index is 0.121. The van der Waals surface area contributed by atoms with Gasteiger partial charge in [0.1, 0.15) is 0 Å². The number of nitrogens with zero attached hydrogens (tertiary/aromatic N) is 3. The average molecular weight is 482 g/mol. The van der Waals surface area contributed by atoms with Crippen molar-refractivity contribution in [2.24, 2.45) is 0 Å². The summed E-state index contributed by atoms with van der Waals surface area (Å²) < 4.78 is 17.8. The summed E-state index contributed by atoms with van der Waals surface area (Å²) >= 11 is 0. The van der Waals surface area contributed by atoms with Crippen LogP contribution in [0.4, 0.5) is 0 Å². The SMILES string of the molecule is COc1cccc(CN2CC[C@@]34OCCN3C(=O)C[C@@H]24)c1OCCCN(C)C.O=CO.O=CO. The van der Waals surface area contributed by atoms with Gasteiger partial charge >= 0.3 is 0 Å². The van der Waals surface area contributed by atoms with Crippen molar-refractivity contribution < 1.29 is 38.8 Å². The maximum atomic E-state index is 12.4. The van der Waals surface area contributed by atoms with E-state index in [2.05, 4.69) is 30.0 Å². The minimum Gasteiger partial charge on any atom is -0.493 e. The smallest absolute Gasteiger partial charge is 0.290 e. The third-order valence-corrected chi connectivity index (χ3v) is 6.16. The molecule has 4 rings (SSSR count). The molecule has 1 amide bonds. The van der Waals surface area contributed by atoms with Crippen LogP contribution >= 0.6 is 0 Å². The zero-order chi connectivity index (χ0) is 25.1. The summed E-state index contributed by atoms with van der Waals surface area (Å²) in [6, 6.07) is 6.16. The van der Waals surface area contributed by atoms with Crippen LogP contribution in [0, 0.1) is 0 Å². The van der Waals surface area contributed by atoms with Crippen LogP contribution in [0.1, 0.15) is 24.8 Å². The fraction of sp³-hybridized carbons (Fsp3) is 0.609. The monoisotopic (exact) mass is 481 g/mol. The highest BCUT2D eigenvalue weighted by Gasteiger charge is 2.61. The lowest BCUT2D eigenvalue weighted by Gasteiger charge is -2.32. The Morgan fingerprint density at radius 3 is 2.59 bits per heavy atom. The van der Waals surface area contributed by atoms with Crippen molar-refractivity contribution in [3.63, 3.8) is 0 Å². The van der Waals surface area contributed by atoms with Gasteiger partial charge in [0.2, 0.25) is 5.91 Å². The molecule has 0 bridgehead atoms. The number of para-hydroxylation sites is 1. The van der Waals surface area contributed by atoms with Crippen LogP contribution in [0.15, 0.2) is 18.2 Å². The van der Waals surface area contributed by atoms with Crippen molar-refractivity contribution in [3.05, 3.63) is 23.8 Å². The molecule has 0 radical (unpaired) electrons. The molecule has 3 fully saturated rings. The number of rotatable bonds is 8. The fourth-order valence-corrected chi connectivity index (χ4v) is 4.85. The molecule has 11 heteroatoms. The summed E-state index contributed by atoms with van der Waals surface area (Å²) in [7, 11) is 5.81. The lowest BCUT2D eigenvalue weighted by Crippen LogP contribution is -2.47. The van der Waals surface area contributed by atoms with Gasteiger partial charge in [0, 0.05) is 44.6 Å². The van der Waals surface area contributed by atoms with Gasteiger partial charge in [0.05, 0.1) is 26.4 Å². The van der Waals surface area contributed by atoms with E-state index >= 15 is 0 Å². The van der Waals surface area contributed by atoms with Crippen LogP contribution in [0.5, 0.6) is 11.5 Å². The van der Waals surface area contributed by atoms with Crippen LogP contribution in [0.25, 0.3) is 0 Å². The van der Waals surface area contributed by atoms with E-state index < -0.39 is 5.72 Å². The molecule has 3 aliphatic heterocycles. The van der Waals surface area contributed by atoms with E-state index in [1.54, 1.807) is 7.11 Å². The molecule has 0 saturated carbocycles. The molecule has 11 nitrogen and oxygen atoms in total. The second-order valence-electron chi connectivity index (χ2n) is 8.34. The van der Waals surface area contributed by atoms with Crippen LogP contribution in [-0.4, -0.2) is 110 Å². The van der Waals surface area contributed by atoms with Gasteiger partial charge in [-0.15, -0.1) is 0 Å². The molecule has 3 heterocycles. The molecule has 2 atom stereocenters. The number of hydrogen-bond donors (Lipinski definition) is 2. The van der Waals surface area contributed by atoms with Crippen molar-refractivity contribution in [3.8, 4) is 11.5 Å². The van der Waals surface area contributed by atoms with Crippen molar-refractivity contribution in [2.75, 3.05) is 54.1 Å². The zero-order valence-corrected chi connectivity index (χ0v) is 20.0. The first kappa shape index (κ1) is 27.4. The number of benzene rings is 1. The highest BCUT2D eigenvalue weighted by Crippen LogP contribution is 2.46. The minimum atomic E-state index is -0.400. The number of hydrogen-bond acceptors (Lipinski definition) is 8. The van der Waals surface area contributed by atoms with Gasteiger partial charge in [-0.3, -0.25) is 19.3 Å². The van der Waals surface area contributed by atoms with Gasteiger partial charge in [0.15, 0.2) is 17.2 Å². The Labute approximate surface area is 199 Å². The van der Waals surface area contributed by atoms with E-state index in [4.69, 9.17) is 34.0 Å². The Bertz CT molecular complexity index is 815. The van der Waals surface area contributed by atoms with Crippen molar-refractivity contribution >= 4 is 18.9 Å². The number of amides is 1. The third-order valence-electron chi connectivity index (χ3n) is 6.16. The predicted molar refractivity (Wildman–Crippen MR) is 123 cm³/mol. The zero-order valence-electron chi connectivity index (χ0n) is 20.0. The molecule has 1 spiro atoms. The van der Waals surface area contributed by atoms with Gasteiger partial charge in [-0.2, -0.15) is 0 Å². The maximum absolute atomic E-state index is 12.4. The summed E-state index contributed by atoms with van der Waals surface area (Å²) in [6.45, 7) is 4.16. The Morgan fingerprint density at radius 1 is 1.24 bits per heavy atom. The standard InChI is InChI=1S/C21H31N3O4.2CH2O2/c1-22(2)9-5-12-27-20-16(6-4-7-17(20)26-3)15-23-10-8-21-18(23)14-19(25)24(21)11-13-28-21;2*2-1-3/h4,6-7,18H,5,8-15H2,1-3H3;2*1H,(H,2,3)/t18-,21+;;/m1../s1. The number of likely N-dealkylation sites (tertiary alicyclic amines) is 1. The van der Waals surface area contributed by atoms with Crippen molar-refractivity contribution in [2.45, 2.75) is 37.6 Å². The Balaban J connectivity index is 0.000000618. The first-order valence-electron chi connectivity index (χ1n) is 11.2. The van der Waals surface area contributed by atoms with E-state index in [0.29, 0.717) is 19.6 Å². The number of ether oxygens (including phenoxy) is 3. The second kappa shape index (κ2) is 13.1. The van der Waals surface area contributed by atoms with E-state index in [1.165, 1.54) is 0 Å². The summed E-state index contributed by atoms with van der Waals surface area (Å²) in [5.74, 6) is 1.80. The molecule has 3 aliphatic rings. The molecule has 0 unspecified atom stereocenters. The molecule has 0 aromatic heterocycles. The van der Waals surface area contributed by atoms with Gasteiger partial charge in [-0.05, 0) is 26.6 Å². The van der Waals surface area contributed by atoms with E-state index in [9.17, 15) is 4.79 Å². The Kier molecular flexibility index (Phi) is 10.6. The van der Waals surface area contributed by atoms with Gasteiger partial charge in [0.25, 0.3) is 12.9 Å². The molecule has 1 aromatic rings. The third kappa shape index (κ3) is 6.16. The predicted octanol–water partition coefficient (Wildman–Crippen LogP) is 0.960. The maximum Gasteiger partial charge on any atom is 0.290 e. The van der Waals surface area contributed by atoms with Crippen molar-refractivity contribution in [1.29, 1.82) is 0 Å². The summed E-state index contributed by atoms with van der Waals surface area (Å²) in [5.41, 5.74) is 0.702. The molecule has 0 aliphatic carbocycles. The number of carbonyl (C=O) groups is 3. The first-order chi connectivity index (χ1) is 16.4. The van der Waals surface area contributed by atoms with Gasteiger partial charge < -0.3 is 34.2 Å². The summed E-state index contributed by atoms with van der Waals surface area (Å²) in [6.07, 6.45) is 2.38. The van der Waals surface area contributed by atoms with Gasteiger partial charge in [-0.25, -0.2) is 0 Å². The van der Waals surface area contributed by atoms with Crippen LogP contribution in [0.3, 0.4) is 0 Å². The Morgan fingerprint density at radius 2 is 1.94 bits per heavy atom. The average Bonchev–Trinajstić information content (AvgIpc) is 3.44. The molecule has 2 N–H and O–H groups in total. The van der Waals surface area contributed by atoms with Crippen LogP contribution in [0.2, 0.25) is 0 Å². The summed E-state index contributed by atoms with van der Waals surface area (Å²) in [5, 5.41) is 13.8. The molecule has 3 saturated heterocycles. The normalized spacial score (nSPS) is 22.8. The van der Waals surface area contributed by atoms with Gasteiger partial charge in [-0.1, -0.05) is 12.1 Å². The molecular formula is C23H35N3O8. The first-order valence-corrected chi connectivity index (χ1v) is 11.2. The number of methoxy groups -OCH3 is 1. The topological polar surface area (TPSA) is 129 Å². The van der Waals surface area contributed by atoms with E-state index in [0.717, 1.165) is 56.1 Å². The van der Waals surface area contributed by atoms with Crippen LogP contribution < -0.4 is 9.47 Å². The van der Waals surface area contributed by atoms with Crippen molar-refractivity contribution in [1.82, 2.24) is 14.7 Å². The van der Waals surface area contributed by atoms with E-state index in [1.807, 2.05) is 17.0 Å². The largest absolute Gasteiger partial charge is 0.493 e. The lowest BCUT2D eigenvalue weighted by molar-refractivity contribution is -0.136. The Hall–Kier alpha value is -2.89. The molecule has 34 heavy (non-hydrogen) atoms. The molecule has 190 valence electrons. The van der Waals surface area contributed by atoms with E-state index in [-0.39, 0.29) is 24.9 Å². The highest BCUT2D eigenvalue weighted by molar-refractivity contribution is 5.81. The molecular weight excluding hydrogens is 446 g/mol. The quantitative estimate of drug-likeness (QED) is 0.409. The second-order valence-corrected chi connectivity index (χ2v) is 8.34. The van der Waals surface area contributed by atoms with Crippen LogP contribution in [-0.2, 0) is 25.7 Å². The highest BCUT2D eigenvalue weighted by atomic mass is 16.5. The lowest BCUT2D eigenvalue weighted by atomic mass is 10.1.